The van der Waals surface area contributed by atoms with Gasteiger partial charge in [-0.25, -0.2) is 9.88 Å². The average molecular weight is 608 g/mol. The van der Waals surface area contributed by atoms with Crippen molar-refractivity contribution in [1.29, 1.82) is 0 Å². The van der Waals surface area contributed by atoms with Crippen LogP contribution < -0.4 is 15.8 Å². The largest absolute Gasteiger partial charge is 0.394 e. The number of aliphatic hydroxyl groups excluding tert-OH is 4. The normalized spacial score (nSPS) is 36.7. The molecule has 4 aliphatic rings. The fraction of sp³-hybridized carbons (Fsp3) is 0.467. The Morgan fingerprint density at radius 3 is 2.43 bits per heavy atom. The first kappa shape index (κ1) is 29.0. The predicted octanol–water partition coefficient (Wildman–Crippen LogP) is -1.42. The van der Waals surface area contributed by atoms with Gasteiger partial charge in [0.15, 0.2) is 0 Å². The van der Waals surface area contributed by atoms with E-state index in [2.05, 4.69) is 10.3 Å². The number of fused-ring (bicyclic) bond motifs is 5. The Bertz CT molecular complexity index is 1730. The summed E-state index contributed by atoms with van der Waals surface area (Å²) in [6.45, 7) is 2.58. The van der Waals surface area contributed by atoms with E-state index >= 15 is 0 Å². The van der Waals surface area contributed by atoms with Crippen LogP contribution in [-0.4, -0.2) is 101 Å². The zero-order chi connectivity index (χ0) is 31.2. The topological polar surface area (TPSA) is 198 Å². The van der Waals surface area contributed by atoms with Crippen LogP contribution in [-0.2, 0) is 19.9 Å². The lowest BCUT2D eigenvalue weighted by molar-refractivity contribution is -0.277. The first-order chi connectivity index (χ1) is 21.0. The third-order valence-electron chi connectivity index (χ3n) is 9.49. The highest BCUT2D eigenvalue weighted by molar-refractivity contribution is 6.02. The fourth-order valence-electron chi connectivity index (χ4n) is 7.34. The van der Waals surface area contributed by atoms with Crippen molar-refractivity contribution in [2.75, 3.05) is 11.5 Å². The number of rotatable bonds is 4. The molecule has 10 atom stereocenters. The first-order valence-corrected chi connectivity index (χ1v) is 14.5. The van der Waals surface area contributed by atoms with E-state index in [9.17, 15) is 39.9 Å². The minimum Gasteiger partial charge on any atom is -0.394 e. The molecule has 4 aliphatic heterocycles. The molecule has 6 N–H and O–H groups in total. The number of hydrogen-bond donors (Lipinski definition) is 6. The van der Waals surface area contributed by atoms with Gasteiger partial charge in [0.05, 0.1) is 35.3 Å². The molecule has 2 saturated heterocycles. The molecule has 3 aromatic rings. The van der Waals surface area contributed by atoms with Crippen molar-refractivity contribution >= 4 is 28.4 Å². The van der Waals surface area contributed by atoms with Crippen molar-refractivity contribution < 1.29 is 39.9 Å². The number of ether oxygens (including phenoxy) is 1. The van der Waals surface area contributed by atoms with Gasteiger partial charge >= 0.3 is 0 Å². The van der Waals surface area contributed by atoms with Gasteiger partial charge in [-0.15, -0.1) is 0 Å². The summed E-state index contributed by atoms with van der Waals surface area (Å²) in [5.41, 5.74) is -1.32. The summed E-state index contributed by atoms with van der Waals surface area (Å²) in [6, 6.07) is 10.6. The predicted molar refractivity (Wildman–Crippen MR) is 153 cm³/mol. The number of amides is 2. The molecule has 0 saturated carbocycles. The number of hydrogen-bond acceptors (Lipinski definition) is 11. The molecule has 2 aromatic carbocycles. The number of para-hydroxylation sites is 2. The van der Waals surface area contributed by atoms with Crippen LogP contribution in [0.5, 0.6) is 0 Å². The van der Waals surface area contributed by atoms with E-state index in [1.54, 1.807) is 62.4 Å². The monoisotopic (exact) mass is 607 g/mol. The molecular formula is C30H33N5O9. The third kappa shape index (κ3) is 3.86. The van der Waals surface area contributed by atoms with E-state index in [-0.39, 0.29) is 6.42 Å². The summed E-state index contributed by atoms with van der Waals surface area (Å²) >= 11 is 0. The summed E-state index contributed by atoms with van der Waals surface area (Å²) in [5.74, 6) is -0.653. The molecular weight excluding hydrogens is 574 g/mol. The van der Waals surface area contributed by atoms with Gasteiger partial charge in [0.25, 0.3) is 5.56 Å². The second-order valence-corrected chi connectivity index (χ2v) is 12.0. The van der Waals surface area contributed by atoms with E-state index in [0.717, 1.165) is 0 Å². The second-order valence-electron chi connectivity index (χ2n) is 12.0. The van der Waals surface area contributed by atoms with Crippen molar-refractivity contribution in [2.24, 2.45) is 0 Å². The molecule has 5 heterocycles. The van der Waals surface area contributed by atoms with Gasteiger partial charge in [-0.3, -0.25) is 23.9 Å². The lowest BCUT2D eigenvalue weighted by atomic mass is 9.84. The zero-order valence-electron chi connectivity index (χ0n) is 23.9. The van der Waals surface area contributed by atoms with Crippen LogP contribution in [0, 0.1) is 0 Å². The number of benzene rings is 2. The number of carbonyl (C=O) groups is 2. The molecule has 2 fully saturated rings. The lowest BCUT2D eigenvalue weighted by Crippen LogP contribution is -2.67. The van der Waals surface area contributed by atoms with Crippen LogP contribution in [0.2, 0.25) is 0 Å². The Morgan fingerprint density at radius 2 is 1.68 bits per heavy atom. The fourth-order valence-corrected chi connectivity index (χ4v) is 7.34. The van der Waals surface area contributed by atoms with Gasteiger partial charge in [0.1, 0.15) is 54.3 Å². The maximum atomic E-state index is 13.9. The number of aromatic nitrogens is 2. The van der Waals surface area contributed by atoms with Crippen molar-refractivity contribution in [3.8, 4) is 0 Å². The van der Waals surface area contributed by atoms with Crippen LogP contribution >= 0.6 is 0 Å². The Hall–Kier alpha value is -3.76. The molecule has 14 nitrogen and oxygen atoms in total. The maximum absolute atomic E-state index is 13.9. The molecule has 0 aliphatic carbocycles. The SMILES string of the molecule is C[C@@H]1NC(=O)[C@@H](C[C@]2(O)c3ccccc3N3C(=O)[C@H](C)N([C@@H]4O[C@H](CO)[C@@H](O)[C@H](O)[C@H]4O)[C@@H]32)n2c1nc1ccccc1c2=O. The Morgan fingerprint density at radius 1 is 0.977 bits per heavy atom. The summed E-state index contributed by atoms with van der Waals surface area (Å²) < 4.78 is 7.16. The zero-order valence-corrected chi connectivity index (χ0v) is 23.9. The van der Waals surface area contributed by atoms with Crippen LogP contribution in [0.4, 0.5) is 5.69 Å². The van der Waals surface area contributed by atoms with Crippen LogP contribution in [0.1, 0.15) is 43.7 Å². The molecule has 0 unspecified atom stereocenters. The molecule has 232 valence electrons. The van der Waals surface area contributed by atoms with Crippen LogP contribution in [0.15, 0.2) is 53.3 Å². The molecule has 14 heteroatoms. The average Bonchev–Trinajstić information content (AvgIpc) is 3.43. The number of anilines is 1. The van der Waals surface area contributed by atoms with E-state index < -0.39 is 84.5 Å². The smallest absolute Gasteiger partial charge is 0.262 e. The summed E-state index contributed by atoms with van der Waals surface area (Å²) in [6.07, 6.45) is -9.42. The maximum Gasteiger partial charge on any atom is 0.262 e. The molecule has 44 heavy (non-hydrogen) atoms. The minimum atomic E-state index is -2.01. The van der Waals surface area contributed by atoms with Gasteiger partial charge in [-0.1, -0.05) is 30.3 Å². The van der Waals surface area contributed by atoms with E-state index in [1.807, 2.05) is 0 Å². The third-order valence-corrected chi connectivity index (χ3v) is 9.49. The molecule has 0 bridgehead atoms. The number of aliphatic hydroxyl groups is 5. The van der Waals surface area contributed by atoms with E-state index in [4.69, 9.17) is 4.74 Å². The highest BCUT2D eigenvalue weighted by Gasteiger charge is 2.65. The Balaban J connectivity index is 1.38. The van der Waals surface area contributed by atoms with E-state index in [1.165, 1.54) is 14.4 Å². The van der Waals surface area contributed by atoms with Gasteiger partial charge in [0.2, 0.25) is 11.8 Å². The van der Waals surface area contributed by atoms with Crippen molar-refractivity contribution in [1.82, 2.24) is 19.8 Å². The van der Waals surface area contributed by atoms with Gasteiger partial charge in [-0.05, 0) is 32.0 Å². The van der Waals surface area contributed by atoms with Crippen molar-refractivity contribution in [3.05, 3.63) is 70.3 Å². The summed E-state index contributed by atoms with van der Waals surface area (Å²) in [7, 11) is 0. The molecule has 2 amide bonds. The number of carbonyl (C=O) groups excluding carboxylic acids is 2. The molecule has 7 rings (SSSR count). The van der Waals surface area contributed by atoms with Crippen molar-refractivity contribution in [2.45, 2.75) is 80.8 Å². The highest BCUT2D eigenvalue weighted by Crippen LogP contribution is 2.53. The van der Waals surface area contributed by atoms with E-state index in [0.29, 0.717) is 28.0 Å². The van der Waals surface area contributed by atoms with Crippen LogP contribution in [0.3, 0.4) is 0 Å². The summed E-state index contributed by atoms with van der Waals surface area (Å²) in [5, 5.41) is 57.8. The van der Waals surface area contributed by atoms with Crippen molar-refractivity contribution in [3.63, 3.8) is 0 Å². The lowest BCUT2D eigenvalue weighted by Gasteiger charge is -2.48. The second kappa shape index (κ2) is 10.1. The quantitative estimate of drug-likeness (QED) is 0.204. The number of nitrogens with one attached hydrogen (secondary N) is 1. The molecule has 1 aromatic heterocycles. The first-order valence-electron chi connectivity index (χ1n) is 14.5. The van der Waals surface area contributed by atoms with Gasteiger partial charge in [0, 0.05) is 12.0 Å². The van der Waals surface area contributed by atoms with Gasteiger partial charge in [-0.2, -0.15) is 0 Å². The van der Waals surface area contributed by atoms with Crippen LogP contribution in [0.25, 0.3) is 10.9 Å². The number of nitrogens with zero attached hydrogens (tertiary/aromatic N) is 4. The standard InChI is InChI=1S/C30H33N5O9/c1-13-24-32-17-9-5-3-7-15(17)27(42)34(24)19(25(40)31-13)11-30(43)16-8-4-6-10-18(16)35-26(41)14(2)33(29(30)35)28-23(39)22(38)21(37)20(12-36)44-28/h3-10,13-14,19-23,28-29,36-39,43H,11-12H2,1-2H3,(H,31,40)/t13-,14-,19+,20+,21+,22-,23+,28+,29-,30-/m0/s1. The van der Waals surface area contributed by atoms with Gasteiger partial charge < -0.3 is 35.6 Å². The molecule has 0 radical (unpaired) electrons. The molecule has 0 spiro atoms. The highest BCUT2D eigenvalue weighted by atomic mass is 16.6. The Labute approximate surface area is 250 Å². The Kier molecular flexibility index (Phi) is 6.68. The minimum absolute atomic E-state index is 0.302. The summed E-state index contributed by atoms with van der Waals surface area (Å²) in [4.78, 5) is 48.8.